The molecule has 0 spiro atoms. The molecule has 0 aliphatic carbocycles. The summed E-state index contributed by atoms with van der Waals surface area (Å²) < 4.78 is 5.27. The maximum absolute atomic E-state index is 12.2. The summed E-state index contributed by atoms with van der Waals surface area (Å²) in [5.41, 5.74) is 4.10. The Bertz CT molecular complexity index is 1390. The lowest BCUT2D eigenvalue weighted by molar-refractivity contribution is -0.384. The van der Waals surface area contributed by atoms with Crippen molar-refractivity contribution in [2.24, 2.45) is 5.10 Å². The SMILES string of the molecule is O=C(CNc1cccc2ccccc12)N/N=C\c1ccc(OC(=O)c2ccc([N+](=O)[O-])cc2)cc1. The number of carbonyl (C=O) groups is 2. The minimum absolute atomic E-state index is 0.0584. The van der Waals surface area contributed by atoms with Gasteiger partial charge in [0.15, 0.2) is 0 Å². The van der Waals surface area contributed by atoms with Crippen LogP contribution in [0.5, 0.6) is 5.75 Å². The molecule has 0 atom stereocenters. The van der Waals surface area contributed by atoms with Gasteiger partial charge in [0.05, 0.1) is 23.2 Å². The highest BCUT2D eigenvalue weighted by Crippen LogP contribution is 2.22. The van der Waals surface area contributed by atoms with Crippen molar-refractivity contribution >= 4 is 40.2 Å². The number of ether oxygens (including phenoxy) is 1. The molecule has 0 aliphatic rings. The summed E-state index contributed by atoms with van der Waals surface area (Å²) in [4.78, 5) is 34.5. The average molecular weight is 468 g/mol. The van der Waals surface area contributed by atoms with Crippen molar-refractivity contribution in [2.45, 2.75) is 0 Å². The first-order valence-corrected chi connectivity index (χ1v) is 10.6. The Balaban J connectivity index is 1.27. The topological polar surface area (TPSA) is 123 Å². The van der Waals surface area contributed by atoms with E-state index in [0.717, 1.165) is 16.5 Å². The lowest BCUT2D eigenvalue weighted by atomic mass is 10.1. The van der Waals surface area contributed by atoms with Gasteiger partial charge < -0.3 is 10.1 Å². The van der Waals surface area contributed by atoms with E-state index in [-0.39, 0.29) is 23.7 Å². The van der Waals surface area contributed by atoms with Crippen LogP contribution in [0.25, 0.3) is 10.8 Å². The molecule has 0 heterocycles. The monoisotopic (exact) mass is 468 g/mol. The number of esters is 1. The van der Waals surface area contributed by atoms with Crippen LogP contribution in [-0.4, -0.2) is 29.6 Å². The molecule has 0 bridgehead atoms. The predicted octanol–water partition coefficient (Wildman–Crippen LogP) is 4.53. The molecule has 0 radical (unpaired) electrons. The fraction of sp³-hybridized carbons (Fsp3) is 0.0385. The molecule has 1 amide bonds. The van der Waals surface area contributed by atoms with E-state index in [2.05, 4.69) is 15.8 Å². The normalized spacial score (nSPS) is 10.7. The lowest BCUT2D eigenvalue weighted by Crippen LogP contribution is -2.25. The first kappa shape index (κ1) is 23.1. The first-order valence-electron chi connectivity index (χ1n) is 10.6. The Morgan fingerprint density at radius 2 is 1.63 bits per heavy atom. The third kappa shape index (κ3) is 6.05. The number of nitro benzene ring substituents is 1. The number of hydrogen-bond donors (Lipinski definition) is 2. The number of nitrogens with one attached hydrogen (secondary N) is 2. The third-order valence-corrected chi connectivity index (χ3v) is 5.04. The number of nitrogens with zero attached hydrogens (tertiary/aromatic N) is 2. The van der Waals surface area contributed by atoms with Crippen LogP contribution in [0, 0.1) is 10.1 Å². The highest BCUT2D eigenvalue weighted by atomic mass is 16.6. The summed E-state index contributed by atoms with van der Waals surface area (Å²) in [6.07, 6.45) is 1.47. The standard InChI is InChI=1S/C26H20N4O5/c31-25(17-27-24-7-3-5-19-4-1-2-6-23(19)24)29-28-16-18-8-14-22(15-9-18)35-26(32)20-10-12-21(13-11-20)30(33)34/h1-16,27H,17H2,(H,29,31)/b28-16-. The van der Waals surface area contributed by atoms with Crippen LogP contribution in [0.15, 0.2) is 96.1 Å². The van der Waals surface area contributed by atoms with Crippen LogP contribution < -0.4 is 15.5 Å². The number of hydrazone groups is 1. The number of hydrogen-bond acceptors (Lipinski definition) is 7. The van der Waals surface area contributed by atoms with Gasteiger partial charge in [0, 0.05) is 23.2 Å². The summed E-state index contributed by atoms with van der Waals surface area (Å²) in [6, 6.07) is 25.4. The summed E-state index contributed by atoms with van der Waals surface area (Å²) >= 11 is 0. The number of rotatable bonds is 8. The van der Waals surface area contributed by atoms with E-state index in [4.69, 9.17) is 4.74 Å². The van der Waals surface area contributed by atoms with Gasteiger partial charge in [-0.1, -0.05) is 36.4 Å². The van der Waals surface area contributed by atoms with Crippen LogP contribution in [0.3, 0.4) is 0 Å². The van der Waals surface area contributed by atoms with Gasteiger partial charge in [-0.2, -0.15) is 5.10 Å². The highest BCUT2D eigenvalue weighted by molar-refractivity contribution is 5.95. The Morgan fingerprint density at radius 1 is 0.914 bits per heavy atom. The van der Waals surface area contributed by atoms with Crippen LogP contribution in [0.2, 0.25) is 0 Å². The van der Waals surface area contributed by atoms with Crippen molar-refractivity contribution in [1.29, 1.82) is 0 Å². The van der Waals surface area contributed by atoms with Crippen molar-refractivity contribution in [3.8, 4) is 5.75 Å². The molecule has 4 aromatic rings. The zero-order valence-electron chi connectivity index (χ0n) is 18.4. The van der Waals surface area contributed by atoms with Crippen LogP contribution in [0.1, 0.15) is 15.9 Å². The van der Waals surface area contributed by atoms with Gasteiger partial charge in [0.1, 0.15) is 5.75 Å². The van der Waals surface area contributed by atoms with Gasteiger partial charge in [-0.05, 0) is 53.4 Å². The van der Waals surface area contributed by atoms with Gasteiger partial charge in [0.2, 0.25) is 0 Å². The van der Waals surface area contributed by atoms with Crippen LogP contribution >= 0.6 is 0 Å². The molecule has 9 heteroatoms. The predicted molar refractivity (Wildman–Crippen MR) is 133 cm³/mol. The Kier molecular flexibility index (Phi) is 7.08. The van der Waals surface area contributed by atoms with Crippen molar-refractivity contribution < 1.29 is 19.2 Å². The minimum Gasteiger partial charge on any atom is -0.423 e. The van der Waals surface area contributed by atoms with Gasteiger partial charge in [0.25, 0.3) is 11.6 Å². The summed E-state index contributed by atoms with van der Waals surface area (Å²) in [5.74, 6) is -0.635. The fourth-order valence-electron chi connectivity index (χ4n) is 3.28. The molecule has 0 saturated heterocycles. The molecule has 4 aromatic carbocycles. The quantitative estimate of drug-likeness (QED) is 0.129. The van der Waals surface area contributed by atoms with Crippen molar-refractivity contribution in [2.75, 3.05) is 11.9 Å². The van der Waals surface area contributed by atoms with Crippen molar-refractivity contribution in [3.05, 3.63) is 112 Å². The number of amides is 1. The van der Waals surface area contributed by atoms with Crippen molar-refractivity contribution in [3.63, 3.8) is 0 Å². The van der Waals surface area contributed by atoms with E-state index >= 15 is 0 Å². The smallest absolute Gasteiger partial charge is 0.343 e. The van der Waals surface area contributed by atoms with Gasteiger partial charge in [-0.3, -0.25) is 14.9 Å². The molecule has 35 heavy (non-hydrogen) atoms. The van der Waals surface area contributed by atoms with E-state index < -0.39 is 10.9 Å². The summed E-state index contributed by atoms with van der Waals surface area (Å²) in [5, 5.41) is 19.9. The Labute approximate surface area is 200 Å². The number of anilines is 1. The molecular weight excluding hydrogens is 448 g/mol. The largest absolute Gasteiger partial charge is 0.423 e. The average Bonchev–Trinajstić information content (AvgIpc) is 2.88. The Hall–Kier alpha value is -5.05. The number of fused-ring (bicyclic) bond motifs is 1. The number of non-ortho nitro benzene ring substituents is 1. The second-order valence-corrected chi connectivity index (χ2v) is 7.44. The van der Waals surface area contributed by atoms with E-state index in [1.807, 2.05) is 42.5 Å². The zero-order valence-corrected chi connectivity index (χ0v) is 18.4. The summed E-state index contributed by atoms with van der Waals surface area (Å²) in [7, 11) is 0. The molecule has 2 N–H and O–H groups in total. The molecule has 0 aromatic heterocycles. The molecule has 0 saturated carbocycles. The number of carbonyl (C=O) groups excluding carboxylic acids is 2. The van der Waals surface area contributed by atoms with Crippen LogP contribution in [0.4, 0.5) is 11.4 Å². The van der Waals surface area contributed by atoms with Gasteiger partial charge in [-0.15, -0.1) is 0 Å². The zero-order chi connectivity index (χ0) is 24.6. The van der Waals surface area contributed by atoms with E-state index in [9.17, 15) is 19.7 Å². The number of nitro groups is 1. The fourth-order valence-corrected chi connectivity index (χ4v) is 3.28. The first-order chi connectivity index (χ1) is 17.0. The molecule has 174 valence electrons. The third-order valence-electron chi connectivity index (χ3n) is 5.04. The van der Waals surface area contributed by atoms with E-state index in [0.29, 0.717) is 11.3 Å². The minimum atomic E-state index is -0.632. The maximum atomic E-state index is 12.2. The van der Waals surface area contributed by atoms with Gasteiger partial charge in [-0.25, -0.2) is 10.2 Å². The Morgan fingerprint density at radius 3 is 2.37 bits per heavy atom. The van der Waals surface area contributed by atoms with Crippen molar-refractivity contribution in [1.82, 2.24) is 5.43 Å². The van der Waals surface area contributed by atoms with E-state index in [1.54, 1.807) is 24.3 Å². The molecule has 0 unspecified atom stereocenters. The molecule has 9 nitrogen and oxygen atoms in total. The molecule has 0 aliphatic heterocycles. The highest BCUT2D eigenvalue weighted by Gasteiger charge is 2.11. The second kappa shape index (κ2) is 10.7. The lowest BCUT2D eigenvalue weighted by Gasteiger charge is -2.08. The second-order valence-electron chi connectivity index (χ2n) is 7.44. The van der Waals surface area contributed by atoms with Crippen LogP contribution in [-0.2, 0) is 4.79 Å². The summed E-state index contributed by atoms with van der Waals surface area (Å²) in [6.45, 7) is 0.0584. The van der Waals surface area contributed by atoms with E-state index in [1.165, 1.54) is 30.5 Å². The molecular formula is C26H20N4O5. The molecule has 4 rings (SSSR count). The maximum Gasteiger partial charge on any atom is 0.343 e. The number of benzene rings is 4. The van der Waals surface area contributed by atoms with Gasteiger partial charge >= 0.3 is 5.97 Å². The molecule has 0 fully saturated rings.